The molecule has 2 aromatic carbocycles. The molecule has 3 rings (SSSR count). The van der Waals surface area contributed by atoms with Crippen molar-refractivity contribution in [1.29, 1.82) is 0 Å². The molecule has 0 aliphatic rings. The van der Waals surface area contributed by atoms with Crippen LogP contribution in [0.1, 0.15) is 24.1 Å². The Morgan fingerprint density at radius 1 is 1.09 bits per heavy atom. The summed E-state index contributed by atoms with van der Waals surface area (Å²) in [5.41, 5.74) is 1.57. The molecule has 0 aliphatic carbocycles. The Kier molecular flexibility index (Phi) is 3.74. The summed E-state index contributed by atoms with van der Waals surface area (Å²) in [6, 6.07) is 14.6. The number of pyridine rings is 1. The summed E-state index contributed by atoms with van der Waals surface area (Å²) in [6.45, 7) is 1.47. The summed E-state index contributed by atoms with van der Waals surface area (Å²) in [5, 5.41) is 15.2. The zero-order chi connectivity index (χ0) is 15.5. The van der Waals surface area contributed by atoms with Crippen LogP contribution in [0.15, 0.2) is 60.9 Å². The molecule has 0 bridgehead atoms. The van der Waals surface area contributed by atoms with Gasteiger partial charge in [0, 0.05) is 24.9 Å². The zero-order valence-electron chi connectivity index (χ0n) is 12.2. The molecule has 2 N–H and O–H groups in total. The number of nitrogens with one attached hydrogen (secondary N) is 1. The van der Waals surface area contributed by atoms with E-state index in [0.717, 1.165) is 16.3 Å². The minimum Gasteiger partial charge on any atom is -0.508 e. The van der Waals surface area contributed by atoms with Gasteiger partial charge >= 0.3 is 0 Å². The Hall–Kier alpha value is -2.88. The first-order chi connectivity index (χ1) is 10.7. The van der Waals surface area contributed by atoms with Crippen molar-refractivity contribution in [3.8, 4) is 5.75 Å². The van der Waals surface area contributed by atoms with E-state index in [1.165, 1.54) is 6.92 Å². The third kappa shape index (κ3) is 2.63. The molecule has 4 nitrogen and oxygen atoms in total. The fourth-order valence-corrected chi connectivity index (χ4v) is 2.67. The highest BCUT2D eigenvalue weighted by molar-refractivity contribution is 5.89. The van der Waals surface area contributed by atoms with Gasteiger partial charge in [-0.25, -0.2) is 0 Å². The van der Waals surface area contributed by atoms with E-state index in [0.29, 0.717) is 5.56 Å². The van der Waals surface area contributed by atoms with Crippen molar-refractivity contribution in [3.63, 3.8) is 0 Å². The number of hydrogen-bond donors (Lipinski definition) is 2. The molecular formula is C18H16N2O2. The smallest absolute Gasteiger partial charge is 0.217 e. The summed E-state index contributed by atoms with van der Waals surface area (Å²) < 4.78 is 0. The van der Waals surface area contributed by atoms with Crippen molar-refractivity contribution in [2.45, 2.75) is 13.0 Å². The van der Waals surface area contributed by atoms with Gasteiger partial charge in [0.05, 0.1) is 6.04 Å². The van der Waals surface area contributed by atoms with Crippen LogP contribution in [-0.4, -0.2) is 16.0 Å². The highest BCUT2D eigenvalue weighted by Crippen LogP contribution is 2.35. The molecular weight excluding hydrogens is 276 g/mol. The molecule has 0 radical (unpaired) electrons. The number of benzene rings is 2. The van der Waals surface area contributed by atoms with Crippen LogP contribution in [0.25, 0.3) is 10.8 Å². The number of aromatic hydroxyl groups is 1. The van der Waals surface area contributed by atoms with Gasteiger partial charge in [-0.05, 0) is 34.5 Å². The van der Waals surface area contributed by atoms with Gasteiger partial charge in [0.2, 0.25) is 5.91 Å². The van der Waals surface area contributed by atoms with Crippen LogP contribution in [0.4, 0.5) is 0 Å². The Bertz CT molecular complexity index is 816. The lowest BCUT2D eigenvalue weighted by Gasteiger charge is -2.21. The first kappa shape index (κ1) is 14.1. The van der Waals surface area contributed by atoms with E-state index in [-0.39, 0.29) is 11.7 Å². The average molecular weight is 292 g/mol. The maximum atomic E-state index is 11.6. The predicted molar refractivity (Wildman–Crippen MR) is 85.5 cm³/mol. The van der Waals surface area contributed by atoms with Crippen LogP contribution in [-0.2, 0) is 4.79 Å². The molecule has 0 spiro atoms. The van der Waals surface area contributed by atoms with Gasteiger partial charge < -0.3 is 10.4 Å². The first-order valence-corrected chi connectivity index (χ1v) is 7.04. The SMILES string of the molecule is CC(=O)NC(c1ccncc1)c1c(O)ccc2ccccc12. The maximum Gasteiger partial charge on any atom is 0.217 e. The molecule has 22 heavy (non-hydrogen) atoms. The van der Waals surface area contributed by atoms with E-state index >= 15 is 0 Å². The number of nitrogens with zero attached hydrogens (tertiary/aromatic N) is 1. The van der Waals surface area contributed by atoms with E-state index in [1.807, 2.05) is 42.5 Å². The molecule has 1 unspecified atom stereocenters. The normalized spacial score (nSPS) is 12.0. The first-order valence-electron chi connectivity index (χ1n) is 7.04. The lowest BCUT2D eigenvalue weighted by Crippen LogP contribution is -2.27. The molecule has 110 valence electrons. The van der Waals surface area contributed by atoms with Crippen LogP contribution in [0.2, 0.25) is 0 Å². The zero-order valence-corrected chi connectivity index (χ0v) is 12.2. The number of amides is 1. The number of rotatable bonds is 3. The third-order valence-electron chi connectivity index (χ3n) is 3.62. The monoisotopic (exact) mass is 292 g/mol. The van der Waals surface area contributed by atoms with Crippen LogP contribution in [0.3, 0.4) is 0 Å². The standard InChI is InChI=1S/C18H16N2O2/c1-12(21)20-18(14-8-10-19-11-9-14)17-15-5-3-2-4-13(15)6-7-16(17)22/h2-11,18,22H,1H3,(H,20,21). The Morgan fingerprint density at radius 3 is 2.55 bits per heavy atom. The van der Waals surface area contributed by atoms with Crippen LogP contribution in [0, 0.1) is 0 Å². The largest absolute Gasteiger partial charge is 0.508 e. The molecule has 0 aliphatic heterocycles. The number of hydrogen-bond acceptors (Lipinski definition) is 3. The number of carbonyl (C=O) groups excluding carboxylic acids is 1. The minimum atomic E-state index is -0.424. The Labute approximate surface area is 128 Å². The predicted octanol–water partition coefficient (Wildman–Crippen LogP) is 3.17. The van der Waals surface area contributed by atoms with Crippen molar-refractivity contribution < 1.29 is 9.90 Å². The second-order valence-electron chi connectivity index (χ2n) is 5.13. The minimum absolute atomic E-state index is 0.158. The summed E-state index contributed by atoms with van der Waals surface area (Å²) in [6.07, 6.45) is 3.35. The van der Waals surface area contributed by atoms with E-state index in [9.17, 15) is 9.90 Å². The number of carbonyl (C=O) groups is 1. The number of phenols is 1. The third-order valence-corrected chi connectivity index (χ3v) is 3.62. The second-order valence-corrected chi connectivity index (χ2v) is 5.13. The van der Waals surface area contributed by atoms with Crippen molar-refractivity contribution >= 4 is 16.7 Å². The lowest BCUT2D eigenvalue weighted by atomic mass is 9.93. The summed E-state index contributed by atoms with van der Waals surface area (Å²) in [4.78, 5) is 15.6. The van der Waals surface area contributed by atoms with E-state index in [1.54, 1.807) is 18.5 Å². The van der Waals surface area contributed by atoms with Crippen molar-refractivity contribution in [1.82, 2.24) is 10.3 Å². The highest BCUT2D eigenvalue weighted by atomic mass is 16.3. The van der Waals surface area contributed by atoms with Gasteiger partial charge in [0.1, 0.15) is 5.75 Å². The van der Waals surface area contributed by atoms with E-state index in [2.05, 4.69) is 10.3 Å². The van der Waals surface area contributed by atoms with Gasteiger partial charge in [0.25, 0.3) is 0 Å². The maximum absolute atomic E-state index is 11.6. The van der Waals surface area contributed by atoms with Crippen molar-refractivity contribution in [3.05, 3.63) is 72.1 Å². The van der Waals surface area contributed by atoms with E-state index in [4.69, 9.17) is 0 Å². The lowest BCUT2D eigenvalue weighted by molar-refractivity contribution is -0.119. The summed E-state index contributed by atoms with van der Waals surface area (Å²) in [5.74, 6) is 0.00316. The molecule has 1 aromatic heterocycles. The van der Waals surface area contributed by atoms with Crippen LogP contribution >= 0.6 is 0 Å². The molecule has 1 amide bonds. The molecule has 0 saturated carbocycles. The fraction of sp³-hybridized carbons (Fsp3) is 0.111. The number of aromatic nitrogens is 1. The van der Waals surface area contributed by atoms with Crippen LogP contribution < -0.4 is 5.32 Å². The van der Waals surface area contributed by atoms with Gasteiger partial charge in [-0.3, -0.25) is 9.78 Å². The molecule has 0 saturated heterocycles. The Balaban J connectivity index is 2.24. The molecule has 1 atom stereocenters. The molecule has 4 heteroatoms. The van der Waals surface area contributed by atoms with Gasteiger partial charge in [0.15, 0.2) is 0 Å². The van der Waals surface area contributed by atoms with Gasteiger partial charge in [-0.2, -0.15) is 0 Å². The Morgan fingerprint density at radius 2 is 1.82 bits per heavy atom. The van der Waals surface area contributed by atoms with Crippen LogP contribution in [0.5, 0.6) is 5.75 Å². The molecule has 0 fully saturated rings. The molecule has 1 heterocycles. The van der Waals surface area contributed by atoms with Gasteiger partial charge in [-0.1, -0.05) is 30.3 Å². The fourth-order valence-electron chi connectivity index (χ4n) is 2.67. The topological polar surface area (TPSA) is 62.2 Å². The number of fused-ring (bicyclic) bond motifs is 1. The quantitative estimate of drug-likeness (QED) is 0.779. The highest BCUT2D eigenvalue weighted by Gasteiger charge is 2.21. The van der Waals surface area contributed by atoms with Crippen molar-refractivity contribution in [2.75, 3.05) is 0 Å². The summed E-state index contributed by atoms with van der Waals surface area (Å²) >= 11 is 0. The van der Waals surface area contributed by atoms with E-state index < -0.39 is 6.04 Å². The number of phenolic OH excluding ortho intramolecular Hbond substituents is 1. The van der Waals surface area contributed by atoms with Crippen molar-refractivity contribution in [2.24, 2.45) is 0 Å². The summed E-state index contributed by atoms with van der Waals surface area (Å²) in [7, 11) is 0. The average Bonchev–Trinajstić information content (AvgIpc) is 2.54. The second kappa shape index (κ2) is 5.85. The van der Waals surface area contributed by atoms with Gasteiger partial charge in [-0.15, -0.1) is 0 Å². The molecule has 3 aromatic rings.